The summed E-state index contributed by atoms with van der Waals surface area (Å²) >= 11 is 0. The van der Waals surface area contributed by atoms with Gasteiger partial charge in [-0.3, -0.25) is 0 Å². The second kappa shape index (κ2) is 11.2. The maximum Gasteiger partial charge on any atom is 0.186 e. The van der Waals surface area contributed by atoms with E-state index in [9.17, 15) is 46.0 Å². The lowest BCUT2D eigenvalue weighted by atomic mass is 9.99. The first-order valence-electron chi connectivity index (χ1n) is 10.4. The summed E-state index contributed by atoms with van der Waals surface area (Å²) in [7, 11) is 0. The van der Waals surface area contributed by atoms with Crippen molar-refractivity contribution in [3.63, 3.8) is 0 Å². The Morgan fingerprint density at radius 2 is 1.28 bits per heavy atom. The Morgan fingerprint density at radius 1 is 0.625 bits per heavy atom. The van der Waals surface area contributed by atoms with Crippen LogP contribution in [-0.2, 0) is 23.7 Å². The van der Waals surface area contributed by atoms with Crippen LogP contribution in [0.3, 0.4) is 0 Å². The van der Waals surface area contributed by atoms with Crippen molar-refractivity contribution in [3.05, 3.63) is 0 Å². The summed E-state index contributed by atoms with van der Waals surface area (Å²) < 4.78 is 26.7. The van der Waals surface area contributed by atoms with Crippen molar-refractivity contribution in [2.45, 2.75) is 92.8 Å². The van der Waals surface area contributed by atoms with Gasteiger partial charge in [0.05, 0.1) is 32.0 Å². The first kappa shape index (κ1) is 26.1. The highest BCUT2D eigenvalue weighted by atomic mass is 16.7. The number of hydrogen-bond donors (Lipinski definition) is 9. The molecule has 0 radical (unpaired) electrons. The molecule has 0 aromatic carbocycles. The lowest BCUT2D eigenvalue weighted by molar-refractivity contribution is -0.333. The molecule has 3 rings (SSSR count). The summed E-state index contributed by atoms with van der Waals surface area (Å²) in [4.78, 5) is 0. The molecule has 7 unspecified atom stereocenters. The molecule has 188 valence electrons. The molecular formula is C18H32O14. The van der Waals surface area contributed by atoms with Gasteiger partial charge in [0.1, 0.15) is 48.8 Å². The predicted molar refractivity (Wildman–Crippen MR) is 98.5 cm³/mol. The molecule has 3 heterocycles. The van der Waals surface area contributed by atoms with Crippen molar-refractivity contribution in [1.29, 1.82) is 0 Å². The third-order valence-electron chi connectivity index (χ3n) is 5.82. The van der Waals surface area contributed by atoms with Crippen LogP contribution in [0.1, 0.15) is 12.8 Å². The van der Waals surface area contributed by atoms with Crippen molar-refractivity contribution in [1.82, 2.24) is 0 Å². The highest BCUT2D eigenvalue weighted by molar-refractivity contribution is 4.90. The number of hydrogen-bond acceptors (Lipinski definition) is 14. The summed E-state index contributed by atoms with van der Waals surface area (Å²) in [5, 5.41) is 88.7. The standard InChI is InChI=1S/C18H32O14/c19-3-9-6(21)1-7(22)17(31-9)30-8-2-12(23)29-11(13(8)24)5-28-18-16(27)15(26)14(25)10(4-20)32-18/h6-27H,1-5H2/t6-,7?,8?,9?,10?,11?,12-,13-,14+,15?,16?,17-,18-/m0/s1. The molecule has 3 fully saturated rings. The van der Waals surface area contributed by atoms with Crippen molar-refractivity contribution >= 4 is 0 Å². The first-order chi connectivity index (χ1) is 15.2. The molecule has 0 amide bonds. The predicted octanol–water partition coefficient (Wildman–Crippen LogP) is -5.51. The van der Waals surface area contributed by atoms with Gasteiger partial charge in [0.2, 0.25) is 0 Å². The second-order valence-electron chi connectivity index (χ2n) is 8.16. The molecule has 0 spiro atoms. The van der Waals surface area contributed by atoms with Crippen molar-refractivity contribution in [2.24, 2.45) is 0 Å². The molecule has 3 saturated heterocycles. The Hall–Kier alpha value is -0.560. The van der Waals surface area contributed by atoms with Gasteiger partial charge < -0.3 is 69.6 Å². The van der Waals surface area contributed by atoms with Crippen LogP contribution in [0.4, 0.5) is 0 Å². The van der Waals surface area contributed by atoms with E-state index in [1.54, 1.807) is 0 Å². The van der Waals surface area contributed by atoms with Gasteiger partial charge in [-0.15, -0.1) is 0 Å². The minimum Gasteiger partial charge on any atom is -0.394 e. The molecule has 3 aliphatic heterocycles. The van der Waals surface area contributed by atoms with Gasteiger partial charge in [0.15, 0.2) is 18.9 Å². The minimum atomic E-state index is -1.65. The SMILES string of the molecule is OCC1O[C@H](OCC2O[C@H](O)CC(O[C@H]3OC(CO)[C@@H](O)CC3O)[C@@H]2O)C(O)C(O)[C@@H]1O. The lowest BCUT2D eigenvalue weighted by Gasteiger charge is -2.43. The third kappa shape index (κ3) is 5.73. The summed E-state index contributed by atoms with van der Waals surface area (Å²) in [6, 6.07) is 0. The quantitative estimate of drug-likeness (QED) is 0.168. The fourth-order valence-electron chi connectivity index (χ4n) is 3.91. The van der Waals surface area contributed by atoms with E-state index in [1.165, 1.54) is 0 Å². The van der Waals surface area contributed by atoms with Crippen molar-refractivity contribution in [2.75, 3.05) is 19.8 Å². The molecule has 13 atom stereocenters. The van der Waals surface area contributed by atoms with Gasteiger partial charge in [-0.2, -0.15) is 0 Å². The minimum absolute atomic E-state index is 0.124. The third-order valence-corrected chi connectivity index (χ3v) is 5.82. The summed E-state index contributed by atoms with van der Waals surface area (Å²) in [6.45, 7) is -1.59. The number of aliphatic hydroxyl groups is 9. The van der Waals surface area contributed by atoms with E-state index < -0.39 is 99.7 Å². The van der Waals surface area contributed by atoms with Gasteiger partial charge in [-0.05, 0) is 0 Å². The molecule has 14 heteroatoms. The molecule has 0 aliphatic carbocycles. The van der Waals surface area contributed by atoms with Gasteiger partial charge in [0.25, 0.3) is 0 Å². The Labute approximate surface area is 183 Å². The van der Waals surface area contributed by atoms with E-state index in [0.29, 0.717) is 0 Å². The summed E-state index contributed by atoms with van der Waals surface area (Å²) in [5.74, 6) is 0. The van der Waals surface area contributed by atoms with Gasteiger partial charge in [0, 0.05) is 12.8 Å². The molecular weight excluding hydrogens is 440 g/mol. The summed E-state index contributed by atoms with van der Waals surface area (Å²) in [6.07, 6.45) is -17.5. The first-order valence-corrected chi connectivity index (χ1v) is 10.4. The van der Waals surface area contributed by atoms with Gasteiger partial charge >= 0.3 is 0 Å². The van der Waals surface area contributed by atoms with Crippen LogP contribution >= 0.6 is 0 Å². The van der Waals surface area contributed by atoms with E-state index in [1.807, 2.05) is 0 Å². The van der Waals surface area contributed by atoms with E-state index >= 15 is 0 Å². The van der Waals surface area contributed by atoms with Gasteiger partial charge in [-0.1, -0.05) is 0 Å². The van der Waals surface area contributed by atoms with Crippen LogP contribution in [0.2, 0.25) is 0 Å². The molecule has 0 aromatic rings. The number of ether oxygens (including phenoxy) is 5. The normalized spacial score (nSPS) is 50.3. The van der Waals surface area contributed by atoms with E-state index in [-0.39, 0.29) is 12.8 Å². The zero-order valence-corrected chi connectivity index (χ0v) is 17.1. The molecule has 0 bridgehead atoms. The van der Waals surface area contributed by atoms with Crippen LogP contribution in [0, 0.1) is 0 Å². The highest BCUT2D eigenvalue weighted by Crippen LogP contribution is 2.29. The van der Waals surface area contributed by atoms with E-state index in [0.717, 1.165) is 0 Å². The number of rotatable bonds is 7. The van der Waals surface area contributed by atoms with Crippen LogP contribution in [0.15, 0.2) is 0 Å². The molecule has 0 saturated carbocycles. The largest absolute Gasteiger partial charge is 0.394 e. The Morgan fingerprint density at radius 3 is 1.94 bits per heavy atom. The lowest BCUT2D eigenvalue weighted by Crippen LogP contribution is -2.60. The van der Waals surface area contributed by atoms with Crippen LogP contribution in [0.25, 0.3) is 0 Å². The Balaban J connectivity index is 1.58. The Bertz CT molecular complexity index is 580. The van der Waals surface area contributed by atoms with Crippen LogP contribution in [-0.4, -0.2) is 146 Å². The average molecular weight is 472 g/mol. The van der Waals surface area contributed by atoms with E-state index in [4.69, 9.17) is 23.7 Å². The monoisotopic (exact) mass is 472 g/mol. The molecule has 14 nitrogen and oxygen atoms in total. The fourth-order valence-corrected chi connectivity index (χ4v) is 3.91. The smallest absolute Gasteiger partial charge is 0.186 e. The van der Waals surface area contributed by atoms with Gasteiger partial charge in [-0.25, -0.2) is 0 Å². The molecule has 0 aromatic heterocycles. The average Bonchev–Trinajstić information content (AvgIpc) is 2.76. The topological polar surface area (TPSA) is 228 Å². The maximum atomic E-state index is 10.6. The van der Waals surface area contributed by atoms with Crippen LogP contribution < -0.4 is 0 Å². The zero-order valence-electron chi connectivity index (χ0n) is 17.1. The van der Waals surface area contributed by atoms with Crippen molar-refractivity contribution in [3.8, 4) is 0 Å². The van der Waals surface area contributed by atoms with E-state index in [2.05, 4.69) is 0 Å². The molecule has 3 aliphatic rings. The zero-order chi connectivity index (χ0) is 23.6. The van der Waals surface area contributed by atoms with Crippen LogP contribution in [0.5, 0.6) is 0 Å². The molecule has 32 heavy (non-hydrogen) atoms. The van der Waals surface area contributed by atoms with Crippen molar-refractivity contribution < 1.29 is 69.6 Å². The maximum absolute atomic E-state index is 10.6. The second-order valence-corrected chi connectivity index (χ2v) is 8.16. The fraction of sp³-hybridized carbons (Fsp3) is 1.00. The molecule has 9 N–H and O–H groups in total. The Kier molecular flexibility index (Phi) is 9.15. The highest BCUT2D eigenvalue weighted by Gasteiger charge is 2.46. The number of aliphatic hydroxyl groups excluding tert-OH is 9. The summed E-state index contributed by atoms with van der Waals surface area (Å²) in [5.41, 5.74) is 0.